The zero-order valence-electron chi connectivity index (χ0n) is 17.9. The van der Waals surface area contributed by atoms with Gasteiger partial charge in [0.1, 0.15) is 18.5 Å². The second kappa shape index (κ2) is 9.68. The Labute approximate surface area is 195 Å². The van der Waals surface area contributed by atoms with Crippen molar-refractivity contribution in [2.45, 2.75) is 37.5 Å². The highest BCUT2D eigenvalue weighted by Crippen LogP contribution is 2.32. The number of anilines is 2. The van der Waals surface area contributed by atoms with E-state index in [0.29, 0.717) is 40.6 Å². The van der Waals surface area contributed by atoms with E-state index in [1.807, 2.05) is 0 Å². The molecule has 0 bridgehead atoms. The Morgan fingerprint density at radius 2 is 1.91 bits per heavy atom. The monoisotopic (exact) mass is 473 g/mol. The fraction of sp³-hybridized carbons (Fsp3) is 0.348. The van der Waals surface area contributed by atoms with E-state index in [4.69, 9.17) is 26.2 Å². The van der Waals surface area contributed by atoms with Crippen LogP contribution in [0.25, 0.3) is 0 Å². The van der Waals surface area contributed by atoms with E-state index in [1.165, 1.54) is 0 Å². The molecule has 2 heterocycles. The van der Waals surface area contributed by atoms with Gasteiger partial charge in [-0.15, -0.1) is 0 Å². The topological polar surface area (TPSA) is 117 Å². The number of carboxylic acid groups (broad SMARTS) is 1. The molecule has 3 amide bonds. The summed E-state index contributed by atoms with van der Waals surface area (Å²) >= 11 is 5.94. The number of urea groups is 1. The highest BCUT2D eigenvalue weighted by molar-refractivity contribution is 6.30. The fourth-order valence-corrected chi connectivity index (χ4v) is 4.35. The minimum Gasteiger partial charge on any atom is -0.490 e. The summed E-state index contributed by atoms with van der Waals surface area (Å²) in [7, 11) is 1.70. The number of carbonyl (C=O) groups is 3. The number of amides is 3. The number of rotatable bonds is 4. The number of aliphatic carboxylic acids is 1. The van der Waals surface area contributed by atoms with Gasteiger partial charge in [-0.05, 0) is 49.2 Å². The maximum atomic E-state index is 13.2. The van der Waals surface area contributed by atoms with Crippen LogP contribution in [-0.4, -0.2) is 59.8 Å². The molecular formula is C23H24ClN3O6. The van der Waals surface area contributed by atoms with E-state index >= 15 is 0 Å². The molecular weight excluding hydrogens is 450 g/mol. The van der Waals surface area contributed by atoms with Crippen molar-refractivity contribution in [3.63, 3.8) is 0 Å². The SMILES string of the molecule is CN1C(=O)c2cc(NC(=O)Nc3cccc(Cl)c3)ccc2OC[C@H]2O[C@H](CC(=O)O)CC[C@@H]21. The lowest BCUT2D eigenvalue weighted by atomic mass is 9.94. The molecule has 0 spiro atoms. The van der Waals surface area contributed by atoms with Crippen molar-refractivity contribution in [3.05, 3.63) is 53.1 Å². The molecule has 1 fully saturated rings. The summed E-state index contributed by atoms with van der Waals surface area (Å²) in [6, 6.07) is 10.9. The van der Waals surface area contributed by atoms with Gasteiger partial charge in [-0.3, -0.25) is 9.59 Å². The standard InChI is InChI=1S/C23H24ClN3O6/c1-27-18-7-6-16(11-21(28)29)33-20(18)12-32-19-8-5-15(10-17(19)22(27)30)26-23(31)25-14-4-2-3-13(24)9-14/h2-5,8-10,16,18,20H,6-7,11-12H2,1H3,(H,28,29)(H2,25,26,31)/t16-,18-,20+/m0/s1. The van der Waals surface area contributed by atoms with Gasteiger partial charge in [0.15, 0.2) is 0 Å². The van der Waals surface area contributed by atoms with Gasteiger partial charge in [0.2, 0.25) is 0 Å². The van der Waals surface area contributed by atoms with Crippen LogP contribution in [0.5, 0.6) is 5.75 Å². The molecule has 2 aliphatic heterocycles. The smallest absolute Gasteiger partial charge is 0.323 e. The lowest BCUT2D eigenvalue weighted by Crippen LogP contribution is -2.53. The third-order valence-electron chi connectivity index (χ3n) is 5.75. The summed E-state index contributed by atoms with van der Waals surface area (Å²) in [4.78, 5) is 38.2. The number of likely N-dealkylation sites (N-methyl/N-ethyl adjacent to an activating group) is 1. The number of halogens is 1. The van der Waals surface area contributed by atoms with Crippen LogP contribution in [0.1, 0.15) is 29.6 Å². The Morgan fingerprint density at radius 3 is 2.64 bits per heavy atom. The minimum absolute atomic E-state index is 0.0796. The largest absolute Gasteiger partial charge is 0.490 e. The third-order valence-corrected chi connectivity index (χ3v) is 5.99. The summed E-state index contributed by atoms with van der Waals surface area (Å²) in [6.45, 7) is 0.188. The van der Waals surface area contributed by atoms with E-state index in [0.717, 1.165) is 0 Å². The summed E-state index contributed by atoms with van der Waals surface area (Å²) < 4.78 is 11.8. The van der Waals surface area contributed by atoms with Crippen LogP contribution in [0.4, 0.5) is 16.2 Å². The second-order valence-electron chi connectivity index (χ2n) is 8.07. The van der Waals surface area contributed by atoms with Crippen molar-refractivity contribution in [2.24, 2.45) is 0 Å². The molecule has 174 valence electrons. The molecule has 3 atom stereocenters. The molecule has 9 nitrogen and oxygen atoms in total. The van der Waals surface area contributed by atoms with Crippen LogP contribution in [-0.2, 0) is 9.53 Å². The normalized spacial score (nSPS) is 22.2. The van der Waals surface area contributed by atoms with Crippen molar-refractivity contribution in [3.8, 4) is 5.75 Å². The van der Waals surface area contributed by atoms with E-state index in [1.54, 1.807) is 54.4 Å². The molecule has 2 aliphatic rings. The van der Waals surface area contributed by atoms with Gasteiger partial charge >= 0.3 is 12.0 Å². The fourth-order valence-electron chi connectivity index (χ4n) is 4.16. The summed E-state index contributed by atoms with van der Waals surface area (Å²) in [5.74, 6) is -0.812. The summed E-state index contributed by atoms with van der Waals surface area (Å²) in [5.41, 5.74) is 1.29. The molecule has 0 radical (unpaired) electrons. The average molecular weight is 474 g/mol. The Bertz CT molecular complexity index is 1080. The predicted octanol–water partition coefficient (Wildman–Crippen LogP) is 3.84. The summed E-state index contributed by atoms with van der Waals surface area (Å²) in [6.07, 6.45) is 0.252. The van der Waals surface area contributed by atoms with Crippen molar-refractivity contribution in [1.82, 2.24) is 4.90 Å². The van der Waals surface area contributed by atoms with Crippen molar-refractivity contribution < 1.29 is 29.0 Å². The minimum atomic E-state index is -0.917. The Hall–Kier alpha value is -3.30. The summed E-state index contributed by atoms with van der Waals surface area (Å²) in [5, 5.41) is 15.0. The van der Waals surface area contributed by atoms with Crippen LogP contribution >= 0.6 is 11.6 Å². The zero-order valence-corrected chi connectivity index (χ0v) is 18.7. The Balaban J connectivity index is 1.48. The van der Waals surface area contributed by atoms with Crippen molar-refractivity contribution in [2.75, 3.05) is 24.3 Å². The van der Waals surface area contributed by atoms with Gasteiger partial charge in [-0.1, -0.05) is 17.7 Å². The number of benzene rings is 2. The van der Waals surface area contributed by atoms with Gasteiger partial charge in [0, 0.05) is 23.4 Å². The van der Waals surface area contributed by atoms with Gasteiger partial charge in [0.25, 0.3) is 5.91 Å². The Morgan fingerprint density at radius 1 is 1.15 bits per heavy atom. The number of carbonyl (C=O) groups excluding carboxylic acids is 2. The molecule has 10 heteroatoms. The van der Waals surface area contributed by atoms with Gasteiger partial charge in [-0.25, -0.2) is 4.79 Å². The molecule has 2 aromatic carbocycles. The quantitative estimate of drug-likeness (QED) is 0.621. The van der Waals surface area contributed by atoms with Gasteiger partial charge in [0.05, 0.1) is 24.1 Å². The highest BCUT2D eigenvalue weighted by atomic mass is 35.5. The van der Waals surface area contributed by atoms with Crippen LogP contribution in [0.2, 0.25) is 5.02 Å². The van der Waals surface area contributed by atoms with E-state index in [9.17, 15) is 14.4 Å². The number of nitrogens with zero attached hydrogens (tertiary/aromatic N) is 1. The Kier molecular flexibility index (Phi) is 6.71. The maximum absolute atomic E-state index is 13.2. The average Bonchev–Trinajstić information content (AvgIpc) is 2.76. The van der Waals surface area contributed by atoms with Crippen molar-refractivity contribution >= 4 is 40.9 Å². The number of carboxylic acids is 1. The first-order valence-corrected chi connectivity index (χ1v) is 10.9. The molecule has 4 rings (SSSR count). The number of fused-ring (bicyclic) bond motifs is 2. The molecule has 3 N–H and O–H groups in total. The predicted molar refractivity (Wildman–Crippen MR) is 122 cm³/mol. The van der Waals surface area contributed by atoms with E-state index in [-0.39, 0.29) is 25.0 Å². The first kappa shape index (κ1) is 22.9. The van der Waals surface area contributed by atoms with E-state index in [2.05, 4.69) is 10.6 Å². The third kappa shape index (κ3) is 5.37. The number of ether oxygens (including phenoxy) is 2. The lowest BCUT2D eigenvalue weighted by Gasteiger charge is -2.42. The van der Waals surface area contributed by atoms with Crippen molar-refractivity contribution in [1.29, 1.82) is 0 Å². The van der Waals surface area contributed by atoms with Crippen LogP contribution in [0, 0.1) is 0 Å². The molecule has 0 unspecified atom stereocenters. The van der Waals surface area contributed by atoms with E-state index < -0.39 is 24.2 Å². The van der Waals surface area contributed by atoms with Crippen LogP contribution in [0.15, 0.2) is 42.5 Å². The second-order valence-corrected chi connectivity index (χ2v) is 8.50. The first-order valence-electron chi connectivity index (χ1n) is 10.5. The first-order chi connectivity index (χ1) is 15.8. The number of hydrogen-bond donors (Lipinski definition) is 3. The van der Waals surface area contributed by atoms with Crippen LogP contribution < -0.4 is 15.4 Å². The maximum Gasteiger partial charge on any atom is 0.323 e. The highest BCUT2D eigenvalue weighted by Gasteiger charge is 2.39. The molecule has 33 heavy (non-hydrogen) atoms. The lowest BCUT2D eigenvalue weighted by molar-refractivity contribution is -0.148. The number of hydrogen-bond acceptors (Lipinski definition) is 5. The molecule has 1 saturated heterocycles. The molecule has 0 saturated carbocycles. The molecule has 0 aromatic heterocycles. The molecule has 2 aromatic rings. The van der Waals surface area contributed by atoms with Gasteiger partial charge < -0.3 is 30.1 Å². The van der Waals surface area contributed by atoms with Gasteiger partial charge in [-0.2, -0.15) is 0 Å². The molecule has 0 aliphatic carbocycles. The number of nitrogens with one attached hydrogen (secondary N) is 2. The zero-order chi connectivity index (χ0) is 23.5. The van der Waals surface area contributed by atoms with Crippen LogP contribution in [0.3, 0.4) is 0 Å².